The van der Waals surface area contributed by atoms with Crippen molar-refractivity contribution in [3.8, 4) is 56.0 Å². The zero-order valence-electron chi connectivity index (χ0n) is 32.7. The minimum Gasteiger partial charge on any atom is -0.309 e. The summed E-state index contributed by atoms with van der Waals surface area (Å²) < 4.78 is 4.69. The first-order valence-corrected chi connectivity index (χ1v) is 20.5. The second kappa shape index (κ2) is 13.8. The molecule has 12 rings (SSSR count). The lowest BCUT2D eigenvalue weighted by atomic mass is 9.95. The molecule has 0 radical (unpaired) electrons. The van der Waals surface area contributed by atoms with Crippen LogP contribution in [0.2, 0.25) is 0 Å². The number of pyridine rings is 1. The van der Waals surface area contributed by atoms with Gasteiger partial charge in [-0.25, -0.2) is 4.98 Å². The molecule has 0 aliphatic carbocycles. The zero-order chi connectivity index (χ0) is 39.6. The average Bonchev–Trinajstić information content (AvgIpc) is 3.84. The van der Waals surface area contributed by atoms with E-state index in [4.69, 9.17) is 4.98 Å². The van der Waals surface area contributed by atoms with Gasteiger partial charge in [0.25, 0.3) is 0 Å². The molecule has 0 aliphatic heterocycles. The van der Waals surface area contributed by atoms with E-state index in [2.05, 4.69) is 228 Å². The third kappa shape index (κ3) is 5.55. The molecule has 0 amide bonds. The Labute approximate surface area is 347 Å². The first-order chi connectivity index (χ1) is 29.7. The van der Waals surface area contributed by atoms with E-state index in [0.717, 1.165) is 33.7 Å². The van der Waals surface area contributed by atoms with Crippen LogP contribution < -0.4 is 0 Å². The van der Waals surface area contributed by atoms with Crippen molar-refractivity contribution < 1.29 is 0 Å². The molecule has 12 aromatic rings. The molecule has 280 valence electrons. The molecule has 0 saturated carbocycles. The minimum atomic E-state index is 0.894. The zero-order valence-corrected chi connectivity index (χ0v) is 32.7. The number of benzene rings is 9. The molecule has 0 aliphatic rings. The van der Waals surface area contributed by atoms with Crippen LogP contribution in [0.5, 0.6) is 0 Å². The maximum atomic E-state index is 4.98. The van der Waals surface area contributed by atoms with Crippen molar-refractivity contribution in [1.29, 1.82) is 0 Å². The Bertz CT molecular complexity index is 3590. The Morgan fingerprint density at radius 2 is 0.833 bits per heavy atom. The fraction of sp³-hybridized carbons (Fsp3) is 0. The van der Waals surface area contributed by atoms with Crippen molar-refractivity contribution in [2.45, 2.75) is 0 Å². The second-order valence-electron chi connectivity index (χ2n) is 15.6. The quantitative estimate of drug-likeness (QED) is 0.165. The molecular formula is C57H37N3. The van der Waals surface area contributed by atoms with Crippen molar-refractivity contribution in [3.63, 3.8) is 0 Å². The summed E-state index contributed by atoms with van der Waals surface area (Å²) in [5.41, 5.74) is 15.3. The normalized spacial score (nSPS) is 11.7. The van der Waals surface area contributed by atoms with Gasteiger partial charge in [-0.1, -0.05) is 158 Å². The maximum absolute atomic E-state index is 4.98. The van der Waals surface area contributed by atoms with Crippen molar-refractivity contribution in [2.75, 3.05) is 0 Å². The van der Waals surface area contributed by atoms with Gasteiger partial charge in [0, 0.05) is 33.4 Å². The van der Waals surface area contributed by atoms with Crippen LogP contribution in [-0.2, 0) is 0 Å². The van der Waals surface area contributed by atoms with Crippen LogP contribution in [0.4, 0.5) is 0 Å². The fourth-order valence-corrected chi connectivity index (χ4v) is 9.32. The number of para-hydroxylation sites is 3. The van der Waals surface area contributed by atoms with E-state index in [1.807, 2.05) is 6.20 Å². The summed E-state index contributed by atoms with van der Waals surface area (Å²) in [6.45, 7) is 0. The third-order valence-corrected chi connectivity index (χ3v) is 12.2. The molecule has 3 nitrogen and oxygen atoms in total. The molecule has 0 bridgehead atoms. The lowest BCUT2D eigenvalue weighted by molar-refractivity contribution is 1.08. The summed E-state index contributed by atoms with van der Waals surface area (Å²) in [6.07, 6.45) is 1.94. The Morgan fingerprint density at radius 1 is 0.283 bits per heavy atom. The van der Waals surface area contributed by atoms with Crippen molar-refractivity contribution in [2.24, 2.45) is 0 Å². The van der Waals surface area contributed by atoms with Crippen LogP contribution in [0.25, 0.3) is 110 Å². The smallest absolute Gasteiger partial charge is 0.138 e. The van der Waals surface area contributed by atoms with E-state index in [1.165, 1.54) is 76.7 Å². The Balaban J connectivity index is 0.919. The second-order valence-corrected chi connectivity index (χ2v) is 15.6. The van der Waals surface area contributed by atoms with Crippen LogP contribution in [0, 0.1) is 0 Å². The molecule has 3 heterocycles. The van der Waals surface area contributed by atoms with Crippen LogP contribution in [0.1, 0.15) is 0 Å². The highest BCUT2D eigenvalue weighted by Gasteiger charge is 2.17. The summed E-state index contributed by atoms with van der Waals surface area (Å²) >= 11 is 0. The Hall–Kier alpha value is -8.01. The first-order valence-electron chi connectivity index (χ1n) is 20.5. The van der Waals surface area contributed by atoms with E-state index < -0.39 is 0 Å². The van der Waals surface area contributed by atoms with Crippen molar-refractivity contribution >= 4 is 54.4 Å². The highest BCUT2D eigenvalue weighted by atomic mass is 15.1. The fourth-order valence-electron chi connectivity index (χ4n) is 9.32. The molecule has 0 N–H and O–H groups in total. The van der Waals surface area contributed by atoms with E-state index in [9.17, 15) is 0 Å². The van der Waals surface area contributed by atoms with Gasteiger partial charge in [-0.05, 0) is 116 Å². The van der Waals surface area contributed by atoms with Crippen LogP contribution in [0.3, 0.4) is 0 Å². The van der Waals surface area contributed by atoms with Crippen molar-refractivity contribution in [3.05, 3.63) is 225 Å². The molecule has 3 heteroatoms. The molecule has 0 fully saturated rings. The highest BCUT2D eigenvalue weighted by Crippen LogP contribution is 2.39. The predicted molar refractivity (Wildman–Crippen MR) is 252 cm³/mol. The summed E-state index contributed by atoms with van der Waals surface area (Å²) in [5, 5.41) is 7.44. The first kappa shape index (κ1) is 34.1. The number of fused-ring (bicyclic) bond motifs is 7. The molecule has 0 atom stereocenters. The number of rotatable bonds is 6. The minimum absolute atomic E-state index is 0.894. The van der Waals surface area contributed by atoms with Crippen LogP contribution >= 0.6 is 0 Å². The van der Waals surface area contributed by atoms with Gasteiger partial charge in [0.05, 0.1) is 22.1 Å². The van der Waals surface area contributed by atoms with Crippen LogP contribution in [0.15, 0.2) is 225 Å². The largest absolute Gasteiger partial charge is 0.309 e. The number of nitrogens with zero attached hydrogens (tertiary/aromatic N) is 3. The molecule has 60 heavy (non-hydrogen) atoms. The van der Waals surface area contributed by atoms with E-state index >= 15 is 0 Å². The van der Waals surface area contributed by atoms with Gasteiger partial charge in [0.15, 0.2) is 0 Å². The third-order valence-electron chi connectivity index (χ3n) is 12.2. The SMILES string of the molecule is c1ccc(-n2c3ccccc3c3ccc(-c4ccc5c(c4)c4ccccc4n5-c4cc(-c5cccc(-c6ccc(-c7cccc8ccccc78)cc6)c5)ccn4)cc32)cc1. The van der Waals surface area contributed by atoms with Gasteiger partial charge < -0.3 is 4.57 Å². The van der Waals surface area contributed by atoms with Crippen molar-refractivity contribution in [1.82, 2.24) is 14.1 Å². The molecule has 0 saturated heterocycles. The standard InChI is InChI=1S/C57H37N3/c1-2-16-46(17-3-1)59-53-22-8-6-19-49(53)51-30-28-44(36-56(51)59)43-29-31-55-52(35-43)50-20-7-9-23-54(50)60(55)57-37-45(32-33-58-57)42-15-10-14-41(34-42)38-24-26-40(27-25-38)48-21-11-13-39-12-4-5-18-47(39)48/h1-37H. The van der Waals surface area contributed by atoms with Gasteiger partial charge in [0.2, 0.25) is 0 Å². The molecular weight excluding hydrogens is 727 g/mol. The number of hydrogen-bond acceptors (Lipinski definition) is 1. The molecule has 0 spiro atoms. The summed E-state index contributed by atoms with van der Waals surface area (Å²) in [5.74, 6) is 0.894. The predicted octanol–water partition coefficient (Wildman–Crippen LogP) is 15.1. The summed E-state index contributed by atoms with van der Waals surface area (Å²) in [6, 6.07) is 79.1. The van der Waals surface area contributed by atoms with Gasteiger partial charge in [-0.2, -0.15) is 0 Å². The molecule has 9 aromatic carbocycles. The monoisotopic (exact) mass is 763 g/mol. The van der Waals surface area contributed by atoms with E-state index in [1.54, 1.807) is 0 Å². The maximum Gasteiger partial charge on any atom is 0.138 e. The van der Waals surface area contributed by atoms with Gasteiger partial charge in [-0.3, -0.25) is 4.57 Å². The van der Waals surface area contributed by atoms with Crippen LogP contribution in [-0.4, -0.2) is 14.1 Å². The number of hydrogen-bond donors (Lipinski definition) is 0. The lowest BCUT2D eigenvalue weighted by Gasteiger charge is -2.11. The van der Waals surface area contributed by atoms with E-state index in [0.29, 0.717) is 0 Å². The topological polar surface area (TPSA) is 22.8 Å². The van der Waals surface area contributed by atoms with E-state index in [-0.39, 0.29) is 0 Å². The number of aromatic nitrogens is 3. The highest BCUT2D eigenvalue weighted by molar-refractivity contribution is 6.12. The Kier molecular flexibility index (Phi) is 7.85. The van der Waals surface area contributed by atoms with Gasteiger partial charge in [0.1, 0.15) is 5.82 Å². The summed E-state index contributed by atoms with van der Waals surface area (Å²) in [7, 11) is 0. The Morgan fingerprint density at radius 3 is 1.67 bits per heavy atom. The van der Waals surface area contributed by atoms with Gasteiger partial charge in [-0.15, -0.1) is 0 Å². The van der Waals surface area contributed by atoms with Gasteiger partial charge >= 0.3 is 0 Å². The lowest BCUT2D eigenvalue weighted by Crippen LogP contribution is -1.97. The summed E-state index contributed by atoms with van der Waals surface area (Å²) in [4.78, 5) is 4.98. The average molecular weight is 764 g/mol. The molecule has 3 aromatic heterocycles. The molecule has 0 unspecified atom stereocenters.